The fourth-order valence-corrected chi connectivity index (χ4v) is 1.16. The summed E-state index contributed by atoms with van der Waals surface area (Å²) in [5, 5.41) is 3.03. The largest absolute Gasteiger partial charge is 0.377 e. The topological polar surface area (TPSA) is 30.5 Å². The molecule has 1 unspecified atom stereocenters. The lowest BCUT2D eigenvalue weighted by Gasteiger charge is -2.09. The summed E-state index contributed by atoms with van der Waals surface area (Å²) in [5.74, 6) is 0. The molecule has 1 atom stereocenters. The Hall–Kier alpha value is -0.120. The number of hydrogen-bond acceptors (Lipinski definition) is 3. The van der Waals surface area contributed by atoms with Crippen LogP contribution in [0.3, 0.4) is 0 Å². The summed E-state index contributed by atoms with van der Waals surface area (Å²) in [5.41, 5.74) is 0. The Balaban J connectivity index is 1.86. The summed E-state index contributed by atoms with van der Waals surface area (Å²) < 4.78 is 10.8. The van der Waals surface area contributed by atoms with Crippen molar-refractivity contribution in [2.45, 2.75) is 18.9 Å². The molecular formula is C8H17NO2. The van der Waals surface area contributed by atoms with Gasteiger partial charge in [-0.3, -0.25) is 0 Å². The third kappa shape index (κ3) is 3.70. The Bertz CT molecular complexity index is 92.1. The van der Waals surface area contributed by atoms with E-state index in [0.29, 0.717) is 6.10 Å². The first-order chi connectivity index (χ1) is 5.43. The van der Waals surface area contributed by atoms with E-state index in [9.17, 15) is 0 Å². The number of nitrogens with one attached hydrogen (secondary N) is 1. The van der Waals surface area contributed by atoms with Gasteiger partial charge in [-0.2, -0.15) is 0 Å². The number of rotatable bonds is 5. The fourth-order valence-electron chi connectivity index (χ4n) is 1.16. The highest BCUT2D eigenvalue weighted by atomic mass is 16.5. The zero-order chi connectivity index (χ0) is 7.94. The first kappa shape index (κ1) is 8.97. The first-order valence-corrected chi connectivity index (χ1v) is 4.27. The normalized spacial score (nSPS) is 24.3. The van der Waals surface area contributed by atoms with E-state index in [1.165, 1.54) is 12.8 Å². The summed E-state index contributed by atoms with van der Waals surface area (Å²) in [6.45, 7) is 3.39. The maximum Gasteiger partial charge on any atom is 0.0809 e. The van der Waals surface area contributed by atoms with Gasteiger partial charge < -0.3 is 14.8 Å². The van der Waals surface area contributed by atoms with Gasteiger partial charge in [-0.15, -0.1) is 0 Å². The van der Waals surface area contributed by atoms with Crippen molar-refractivity contribution in [1.29, 1.82) is 0 Å². The Labute approximate surface area is 68.1 Å². The minimum Gasteiger partial charge on any atom is -0.377 e. The van der Waals surface area contributed by atoms with Crippen LogP contribution in [0.4, 0.5) is 0 Å². The van der Waals surface area contributed by atoms with E-state index >= 15 is 0 Å². The molecule has 1 N–H and O–H groups in total. The lowest BCUT2D eigenvalue weighted by Crippen LogP contribution is -2.19. The van der Waals surface area contributed by atoms with Crippen LogP contribution in [0, 0.1) is 0 Å². The van der Waals surface area contributed by atoms with Crippen molar-refractivity contribution < 1.29 is 9.47 Å². The van der Waals surface area contributed by atoms with Crippen molar-refractivity contribution in [3.05, 3.63) is 0 Å². The molecule has 0 saturated carbocycles. The molecule has 0 radical (unpaired) electrons. The number of hydrogen-bond donors (Lipinski definition) is 1. The molecule has 1 aliphatic rings. The summed E-state index contributed by atoms with van der Waals surface area (Å²) in [6.07, 6.45) is 2.73. The molecule has 1 rings (SSSR count). The van der Waals surface area contributed by atoms with Gasteiger partial charge in [-0.1, -0.05) is 0 Å². The van der Waals surface area contributed by atoms with E-state index in [1.807, 2.05) is 7.05 Å². The lowest BCUT2D eigenvalue weighted by molar-refractivity contribution is 0.0187. The molecule has 66 valence electrons. The van der Waals surface area contributed by atoms with Crippen LogP contribution in [0.1, 0.15) is 12.8 Å². The standard InChI is InChI=1S/C8H17NO2/c1-9-4-6-10-7-8-3-2-5-11-8/h8-9H,2-7H2,1H3. The van der Waals surface area contributed by atoms with Crippen LogP contribution in [-0.2, 0) is 9.47 Å². The van der Waals surface area contributed by atoms with Crippen LogP contribution < -0.4 is 5.32 Å². The molecule has 1 aliphatic heterocycles. The number of ether oxygens (including phenoxy) is 2. The average Bonchev–Trinajstić information content (AvgIpc) is 2.50. The zero-order valence-electron chi connectivity index (χ0n) is 7.14. The van der Waals surface area contributed by atoms with E-state index in [2.05, 4.69) is 5.32 Å². The van der Waals surface area contributed by atoms with Gasteiger partial charge in [-0.05, 0) is 19.9 Å². The van der Waals surface area contributed by atoms with E-state index in [1.54, 1.807) is 0 Å². The molecule has 3 heteroatoms. The van der Waals surface area contributed by atoms with Crippen LogP contribution in [0.2, 0.25) is 0 Å². The third-order valence-corrected chi connectivity index (χ3v) is 1.82. The molecule has 0 aliphatic carbocycles. The van der Waals surface area contributed by atoms with Gasteiger partial charge in [0.1, 0.15) is 0 Å². The van der Waals surface area contributed by atoms with Gasteiger partial charge in [-0.25, -0.2) is 0 Å². The molecular weight excluding hydrogens is 142 g/mol. The zero-order valence-corrected chi connectivity index (χ0v) is 7.14. The molecule has 3 nitrogen and oxygen atoms in total. The Morgan fingerprint density at radius 2 is 2.55 bits per heavy atom. The van der Waals surface area contributed by atoms with Crippen LogP contribution in [0.5, 0.6) is 0 Å². The Morgan fingerprint density at radius 1 is 1.64 bits per heavy atom. The monoisotopic (exact) mass is 159 g/mol. The van der Waals surface area contributed by atoms with Crippen LogP contribution in [0.25, 0.3) is 0 Å². The SMILES string of the molecule is CNCCOCC1CCCO1. The van der Waals surface area contributed by atoms with E-state index in [4.69, 9.17) is 9.47 Å². The minimum atomic E-state index is 0.367. The van der Waals surface area contributed by atoms with Crippen LogP contribution in [0.15, 0.2) is 0 Å². The van der Waals surface area contributed by atoms with Crippen LogP contribution >= 0.6 is 0 Å². The average molecular weight is 159 g/mol. The van der Waals surface area contributed by atoms with Crippen molar-refractivity contribution in [1.82, 2.24) is 5.32 Å². The second-order valence-electron chi connectivity index (χ2n) is 2.81. The van der Waals surface area contributed by atoms with Gasteiger partial charge in [0, 0.05) is 13.2 Å². The molecule has 11 heavy (non-hydrogen) atoms. The first-order valence-electron chi connectivity index (χ1n) is 4.27. The van der Waals surface area contributed by atoms with Crippen molar-refractivity contribution in [2.24, 2.45) is 0 Å². The predicted molar refractivity (Wildman–Crippen MR) is 43.7 cm³/mol. The Kier molecular flexibility index (Phi) is 4.50. The molecule has 1 fully saturated rings. The summed E-state index contributed by atoms with van der Waals surface area (Å²) >= 11 is 0. The lowest BCUT2D eigenvalue weighted by atomic mass is 10.2. The van der Waals surface area contributed by atoms with E-state index in [-0.39, 0.29) is 0 Å². The van der Waals surface area contributed by atoms with Gasteiger partial charge in [0.25, 0.3) is 0 Å². The summed E-state index contributed by atoms with van der Waals surface area (Å²) in [6, 6.07) is 0. The van der Waals surface area contributed by atoms with Crippen LogP contribution in [-0.4, -0.2) is 39.5 Å². The maximum atomic E-state index is 5.39. The molecule has 0 aromatic rings. The van der Waals surface area contributed by atoms with Gasteiger partial charge in [0.05, 0.1) is 19.3 Å². The fraction of sp³-hybridized carbons (Fsp3) is 1.00. The molecule has 1 heterocycles. The van der Waals surface area contributed by atoms with E-state index in [0.717, 1.165) is 26.4 Å². The second kappa shape index (κ2) is 5.52. The maximum absolute atomic E-state index is 5.39. The molecule has 0 bridgehead atoms. The molecule has 0 spiro atoms. The predicted octanol–water partition coefficient (Wildman–Crippen LogP) is 0.401. The highest BCUT2D eigenvalue weighted by molar-refractivity contribution is 4.63. The van der Waals surface area contributed by atoms with Crippen molar-refractivity contribution in [2.75, 3.05) is 33.4 Å². The highest BCUT2D eigenvalue weighted by Gasteiger charge is 2.14. The smallest absolute Gasteiger partial charge is 0.0809 e. The van der Waals surface area contributed by atoms with Gasteiger partial charge >= 0.3 is 0 Å². The number of likely N-dealkylation sites (N-methyl/N-ethyl adjacent to an activating group) is 1. The molecule has 1 saturated heterocycles. The van der Waals surface area contributed by atoms with Crippen molar-refractivity contribution in [3.8, 4) is 0 Å². The summed E-state index contributed by atoms with van der Waals surface area (Å²) in [7, 11) is 1.93. The molecule has 0 aromatic heterocycles. The quantitative estimate of drug-likeness (QED) is 0.589. The second-order valence-corrected chi connectivity index (χ2v) is 2.81. The minimum absolute atomic E-state index is 0.367. The van der Waals surface area contributed by atoms with Gasteiger partial charge in [0.15, 0.2) is 0 Å². The molecule has 0 amide bonds. The van der Waals surface area contributed by atoms with E-state index < -0.39 is 0 Å². The Morgan fingerprint density at radius 3 is 3.18 bits per heavy atom. The highest BCUT2D eigenvalue weighted by Crippen LogP contribution is 2.11. The van der Waals surface area contributed by atoms with Crippen molar-refractivity contribution in [3.63, 3.8) is 0 Å². The van der Waals surface area contributed by atoms with Crippen molar-refractivity contribution >= 4 is 0 Å². The van der Waals surface area contributed by atoms with Gasteiger partial charge in [0.2, 0.25) is 0 Å². The third-order valence-electron chi connectivity index (χ3n) is 1.82. The molecule has 0 aromatic carbocycles. The summed E-state index contributed by atoms with van der Waals surface area (Å²) in [4.78, 5) is 0.